The number of carbonyl (C=O) groups excluding carboxylic acids is 1. The van der Waals surface area contributed by atoms with E-state index in [-0.39, 0.29) is 0 Å². The van der Waals surface area contributed by atoms with Gasteiger partial charge in [0.1, 0.15) is 0 Å². The van der Waals surface area contributed by atoms with Gasteiger partial charge in [-0.05, 0) is 29.6 Å². The van der Waals surface area contributed by atoms with Crippen molar-refractivity contribution in [1.82, 2.24) is 4.72 Å². The summed E-state index contributed by atoms with van der Waals surface area (Å²) in [5.41, 5.74) is 12.2. The van der Waals surface area contributed by atoms with Crippen LogP contribution in [-0.4, -0.2) is 6.03 Å². The van der Waals surface area contributed by atoms with Crippen molar-refractivity contribution in [1.29, 1.82) is 0 Å². The second kappa shape index (κ2) is 4.61. The first-order valence-electron chi connectivity index (χ1n) is 3.70. The minimum atomic E-state index is -0.527. The van der Waals surface area contributed by atoms with Crippen molar-refractivity contribution >= 4 is 23.7 Å². The first-order valence-corrected chi connectivity index (χ1v) is 4.68. The molecule has 0 saturated carbocycles. The molecule has 5 heteroatoms. The number of amides is 2. The Balaban J connectivity index is 2.37. The highest BCUT2D eigenvalue weighted by Gasteiger charge is 1.94. The van der Waals surface area contributed by atoms with Gasteiger partial charge in [-0.1, -0.05) is 12.1 Å². The van der Waals surface area contributed by atoms with Crippen LogP contribution in [0.25, 0.3) is 0 Å². The number of rotatable bonds is 3. The third kappa shape index (κ3) is 3.71. The van der Waals surface area contributed by atoms with E-state index in [2.05, 4.69) is 4.72 Å². The molecule has 0 aliphatic heterocycles. The average Bonchev–Trinajstić information content (AvgIpc) is 2.08. The molecule has 0 bridgehead atoms. The molecule has 0 fully saturated rings. The molecule has 0 aliphatic rings. The van der Waals surface area contributed by atoms with Crippen LogP contribution in [0.4, 0.5) is 10.5 Å². The van der Waals surface area contributed by atoms with Gasteiger partial charge in [0.05, 0.1) is 0 Å². The van der Waals surface area contributed by atoms with Crippen molar-refractivity contribution in [3.8, 4) is 0 Å². The summed E-state index contributed by atoms with van der Waals surface area (Å²) in [4.78, 5) is 10.3. The first kappa shape index (κ1) is 9.73. The molecule has 0 spiro atoms. The molecule has 5 N–H and O–H groups in total. The zero-order valence-corrected chi connectivity index (χ0v) is 7.80. The molecular formula is C8H11N3OS. The number of benzene rings is 1. The number of urea groups is 1. The summed E-state index contributed by atoms with van der Waals surface area (Å²) in [6.45, 7) is 0. The zero-order chi connectivity index (χ0) is 9.68. The standard InChI is InChI=1S/C8H11N3OS/c9-7-3-1-6(2-4-7)5-13-11-8(10)12/h1-4H,5,9H2,(H3,10,11,12). The predicted molar refractivity (Wildman–Crippen MR) is 54.9 cm³/mol. The summed E-state index contributed by atoms with van der Waals surface area (Å²) in [6.07, 6.45) is 0. The fourth-order valence-electron chi connectivity index (χ4n) is 0.804. The molecule has 2 amide bonds. The lowest BCUT2D eigenvalue weighted by Gasteiger charge is -2.01. The molecule has 0 aliphatic carbocycles. The molecule has 0 atom stereocenters. The number of primary amides is 1. The van der Waals surface area contributed by atoms with Crippen LogP contribution in [0.1, 0.15) is 5.56 Å². The monoisotopic (exact) mass is 197 g/mol. The number of nitrogen functional groups attached to an aromatic ring is 1. The molecule has 4 nitrogen and oxygen atoms in total. The number of hydrogen-bond donors (Lipinski definition) is 3. The topological polar surface area (TPSA) is 81.1 Å². The van der Waals surface area contributed by atoms with E-state index in [0.29, 0.717) is 5.75 Å². The second-order valence-corrected chi connectivity index (χ2v) is 3.28. The minimum absolute atomic E-state index is 0.527. The molecule has 0 saturated heterocycles. The van der Waals surface area contributed by atoms with Gasteiger partial charge in [0, 0.05) is 11.4 Å². The van der Waals surface area contributed by atoms with Crippen molar-refractivity contribution in [3.63, 3.8) is 0 Å². The van der Waals surface area contributed by atoms with Crippen molar-refractivity contribution in [2.75, 3.05) is 5.73 Å². The Morgan fingerprint density at radius 1 is 1.38 bits per heavy atom. The van der Waals surface area contributed by atoms with Gasteiger partial charge in [-0.3, -0.25) is 4.72 Å². The summed E-state index contributed by atoms with van der Waals surface area (Å²) in [7, 11) is 0. The third-order valence-corrected chi connectivity index (χ3v) is 2.21. The second-order valence-electron chi connectivity index (χ2n) is 2.50. The maximum Gasteiger partial charge on any atom is 0.322 e. The summed E-state index contributed by atoms with van der Waals surface area (Å²) in [5.74, 6) is 0.684. The van der Waals surface area contributed by atoms with Gasteiger partial charge in [-0.25, -0.2) is 4.79 Å². The molecule has 0 radical (unpaired) electrons. The quantitative estimate of drug-likeness (QED) is 0.501. The molecule has 1 rings (SSSR count). The Bertz CT molecular complexity index is 286. The fraction of sp³-hybridized carbons (Fsp3) is 0.125. The third-order valence-electron chi connectivity index (χ3n) is 1.39. The average molecular weight is 197 g/mol. The molecular weight excluding hydrogens is 186 g/mol. The fourth-order valence-corrected chi connectivity index (χ4v) is 1.38. The van der Waals surface area contributed by atoms with Gasteiger partial charge < -0.3 is 11.5 Å². The molecule has 1 aromatic carbocycles. The summed E-state index contributed by atoms with van der Waals surface area (Å²) in [6, 6.07) is 6.93. The lowest BCUT2D eigenvalue weighted by Crippen LogP contribution is -2.22. The highest BCUT2D eigenvalue weighted by molar-refractivity contribution is 7.97. The SMILES string of the molecule is NC(=O)NSCc1ccc(N)cc1. The Labute approximate surface area is 80.8 Å². The Morgan fingerprint density at radius 3 is 2.54 bits per heavy atom. The highest BCUT2D eigenvalue weighted by atomic mass is 32.2. The summed E-state index contributed by atoms with van der Waals surface area (Å²) in [5, 5.41) is 0. The maximum absolute atomic E-state index is 10.3. The lowest BCUT2D eigenvalue weighted by molar-refractivity contribution is 0.254. The maximum atomic E-state index is 10.3. The van der Waals surface area contributed by atoms with Crippen LogP contribution in [0.5, 0.6) is 0 Å². The predicted octanol–water partition coefficient (Wildman–Crippen LogP) is 1.09. The number of anilines is 1. The van der Waals surface area contributed by atoms with Gasteiger partial charge in [0.25, 0.3) is 0 Å². The van der Waals surface area contributed by atoms with Crippen molar-refractivity contribution < 1.29 is 4.79 Å². The number of nitrogens with one attached hydrogen (secondary N) is 1. The smallest absolute Gasteiger partial charge is 0.322 e. The van der Waals surface area contributed by atoms with Crippen molar-refractivity contribution in [3.05, 3.63) is 29.8 Å². The Kier molecular flexibility index (Phi) is 3.45. The van der Waals surface area contributed by atoms with Crippen LogP contribution in [0.2, 0.25) is 0 Å². The minimum Gasteiger partial charge on any atom is -0.399 e. The zero-order valence-electron chi connectivity index (χ0n) is 6.99. The van der Waals surface area contributed by atoms with Gasteiger partial charge in [-0.2, -0.15) is 0 Å². The van der Waals surface area contributed by atoms with Gasteiger partial charge in [0.2, 0.25) is 0 Å². The van der Waals surface area contributed by atoms with Gasteiger partial charge in [0.15, 0.2) is 0 Å². The van der Waals surface area contributed by atoms with E-state index in [1.807, 2.05) is 24.3 Å². The van der Waals surface area contributed by atoms with E-state index in [0.717, 1.165) is 11.3 Å². The molecule has 1 aromatic rings. The number of hydrogen-bond acceptors (Lipinski definition) is 3. The lowest BCUT2D eigenvalue weighted by atomic mass is 10.2. The van der Waals surface area contributed by atoms with E-state index < -0.39 is 6.03 Å². The molecule has 0 heterocycles. The van der Waals surface area contributed by atoms with Crippen LogP contribution >= 0.6 is 11.9 Å². The number of carbonyl (C=O) groups is 1. The largest absolute Gasteiger partial charge is 0.399 e. The normalized spacial score (nSPS) is 9.54. The van der Waals surface area contributed by atoms with Crippen LogP contribution in [0.15, 0.2) is 24.3 Å². The summed E-state index contributed by atoms with van der Waals surface area (Å²) < 4.78 is 2.43. The summed E-state index contributed by atoms with van der Waals surface area (Å²) >= 11 is 1.25. The first-order chi connectivity index (χ1) is 6.18. The molecule has 70 valence electrons. The van der Waals surface area contributed by atoms with E-state index in [9.17, 15) is 4.79 Å². The van der Waals surface area contributed by atoms with E-state index in [4.69, 9.17) is 11.5 Å². The van der Waals surface area contributed by atoms with Crippen LogP contribution in [0, 0.1) is 0 Å². The van der Waals surface area contributed by atoms with Crippen molar-refractivity contribution in [2.24, 2.45) is 5.73 Å². The number of nitrogens with two attached hydrogens (primary N) is 2. The van der Waals surface area contributed by atoms with Crippen LogP contribution in [0.3, 0.4) is 0 Å². The van der Waals surface area contributed by atoms with Crippen LogP contribution in [-0.2, 0) is 5.75 Å². The molecule has 13 heavy (non-hydrogen) atoms. The van der Waals surface area contributed by atoms with Crippen LogP contribution < -0.4 is 16.2 Å². The highest BCUT2D eigenvalue weighted by Crippen LogP contribution is 2.10. The Hall–Kier alpha value is -1.36. The Morgan fingerprint density at radius 2 is 2.00 bits per heavy atom. The van der Waals surface area contributed by atoms with Gasteiger partial charge >= 0.3 is 6.03 Å². The molecule has 0 aromatic heterocycles. The van der Waals surface area contributed by atoms with E-state index in [1.54, 1.807) is 0 Å². The van der Waals surface area contributed by atoms with Crippen molar-refractivity contribution in [2.45, 2.75) is 5.75 Å². The molecule has 0 unspecified atom stereocenters. The van der Waals surface area contributed by atoms with Gasteiger partial charge in [-0.15, -0.1) is 0 Å². The van der Waals surface area contributed by atoms with E-state index in [1.165, 1.54) is 11.9 Å². The van der Waals surface area contributed by atoms with E-state index >= 15 is 0 Å².